The Morgan fingerprint density at radius 3 is 2.48 bits per heavy atom. The first-order valence-corrected chi connectivity index (χ1v) is 13.0. The van der Waals surface area contributed by atoms with Gasteiger partial charge in [-0.25, -0.2) is 0 Å². The quantitative estimate of drug-likeness (QED) is 0.439. The van der Waals surface area contributed by atoms with Crippen molar-refractivity contribution < 1.29 is 9.53 Å². The Morgan fingerprint density at radius 2 is 1.79 bits per heavy atom. The van der Waals surface area contributed by atoms with Crippen molar-refractivity contribution >= 4 is 23.2 Å². The predicted molar refractivity (Wildman–Crippen MR) is 136 cm³/mol. The lowest BCUT2D eigenvalue weighted by Crippen LogP contribution is -2.42. The summed E-state index contributed by atoms with van der Waals surface area (Å²) in [6.07, 6.45) is 8.78. The molecule has 1 N–H and O–H groups in total. The summed E-state index contributed by atoms with van der Waals surface area (Å²) in [6, 6.07) is 15.6. The molecule has 5 heteroatoms. The average Bonchev–Trinajstić information content (AvgIpc) is 2.84. The topological polar surface area (TPSA) is 41.6 Å². The van der Waals surface area contributed by atoms with Crippen molar-refractivity contribution in [3.05, 3.63) is 59.1 Å². The van der Waals surface area contributed by atoms with E-state index in [1.807, 2.05) is 48.5 Å². The number of likely N-dealkylation sites (tertiary alicyclic amines) is 1. The van der Waals surface area contributed by atoms with Gasteiger partial charge in [-0.1, -0.05) is 49.9 Å². The molecule has 4 nitrogen and oxygen atoms in total. The van der Waals surface area contributed by atoms with Crippen LogP contribution in [0, 0.1) is 5.92 Å². The molecule has 0 spiro atoms. The van der Waals surface area contributed by atoms with Crippen molar-refractivity contribution in [1.29, 1.82) is 0 Å². The van der Waals surface area contributed by atoms with Crippen molar-refractivity contribution in [2.45, 2.75) is 63.7 Å². The number of benzene rings is 2. The minimum atomic E-state index is -0.482. The molecule has 1 atom stereocenters. The molecule has 0 radical (unpaired) electrons. The fourth-order valence-electron chi connectivity index (χ4n) is 5.42. The van der Waals surface area contributed by atoms with Gasteiger partial charge in [0.1, 0.15) is 5.75 Å². The summed E-state index contributed by atoms with van der Waals surface area (Å²) in [5.41, 5.74) is 1.39. The van der Waals surface area contributed by atoms with Gasteiger partial charge in [0.05, 0.1) is 12.0 Å². The van der Waals surface area contributed by atoms with E-state index < -0.39 is 5.41 Å². The highest BCUT2D eigenvalue weighted by Crippen LogP contribution is 2.41. The number of carbonyl (C=O) groups is 1. The smallest absolute Gasteiger partial charge is 0.235 e. The first-order valence-electron chi connectivity index (χ1n) is 12.6. The van der Waals surface area contributed by atoms with Gasteiger partial charge in [0.2, 0.25) is 5.91 Å². The molecule has 0 bridgehead atoms. The van der Waals surface area contributed by atoms with Gasteiger partial charge in [-0.05, 0) is 86.5 Å². The van der Waals surface area contributed by atoms with Crippen LogP contribution in [0.15, 0.2) is 48.5 Å². The van der Waals surface area contributed by atoms with E-state index in [1.165, 1.54) is 32.4 Å². The van der Waals surface area contributed by atoms with Gasteiger partial charge in [-0.15, -0.1) is 0 Å². The highest BCUT2D eigenvalue weighted by atomic mass is 35.5. The summed E-state index contributed by atoms with van der Waals surface area (Å²) >= 11 is 6.10. The van der Waals surface area contributed by atoms with Crippen molar-refractivity contribution in [2.24, 2.45) is 5.92 Å². The van der Waals surface area contributed by atoms with Gasteiger partial charge in [0, 0.05) is 23.8 Å². The molecule has 2 aliphatic rings. The molecule has 2 aromatic rings. The van der Waals surface area contributed by atoms with E-state index in [0.29, 0.717) is 5.02 Å². The van der Waals surface area contributed by atoms with Gasteiger partial charge in [0.15, 0.2) is 0 Å². The molecule has 33 heavy (non-hydrogen) atoms. The first-order chi connectivity index (χ1) is 16.0. The number of halogens is 1. The SMILES string of the molecule is CC1CCCN(CCCOc2ccc(NC(=O)C3(c4ccc(Cl)cc4)CCCCC3)cc2)C1. The van der Waals surface area contributed by atoms with Crippen molar-refractivity contribution in [2.75, 3.05) is 31.6 Å². The minimum Gasteiger partial charge on any atom is -0.494 e. The maximum Gasteiger partial charge on any atom is 0.235 e. The molecule has 1 amide bonds. The number of rotatable bonds is 8. The van der Waals surface area contributed by atoms with Crippen LogP contribution >= 0.6 is 11.6 Å². The Kier molecular flexibility index (Phi) is 8.32. The molecule has 1 heterocycles. The van der Waals surface area contributed by atoms with Crippen LogP contribution in [0.3, 0.4) is 0 Å². The number of piperidine rings is 1. The maximum atomic E-state index is 13.5. The molecule has 4 rings (SSSR count). The number of carbonyl (C=O) groups excluding carboxylic acids is 1. The third kappa shape index (κ3) is 6.30. The lowest BCUT2D eigenvalue weighted by atomic mass is 9.68. The van der Waals surface area contributed by atoms with Crippen LogP contribution < -0.4 is 10.1 Å². The lowest BCUT2D eigenvalue weighted by molar-refractivity contribution is -0.122. The second kappa shape index (κ2) is 11.4. The lowest BCUT2D eigenvalue weighted by Gasteiger charge is -2.36. The molecule has 0 aromatic heterocycles. The molecule has 1 unspecified atom stereocenters. The monoisotopic (exact) mass is 468 g/mol. The van der Waals surface area contributed by atoms with E-state index in [9.17, 15) is 4.79 Å². The van der Waals surface area contributed by atoms with E-state index in [-0.39, 0.29) is 5.91 Å². The van der Waals surface area contributed by atoms with E-state index in [1.54, 1.807) is 0 Å². The third-order valence-electron chi connectivity index (χ3n) is 7.28. The molecular weight excluding hydrogens is 432 g/mol. The largest absolute Gasteiger partial charge is 0.494 e. The van der Waals surface area contributed by atoms with Gasteiger partial charge >= 0.3 is 0 Å². The Labute approximate surface area is 203 Å². The number of amides is 1. The Balaban J connectivity index is 1.31. The summed E-state index contributed by atoms with van der Waals surface area (Å²) < 4.78 is 5.95. The van der Waals surface area contributed by atoms with Crippen molar-refractivity contribution in [3.8, 4) is 5.75 Å². The summed E-state index contributed by atoms with van der Waals surface area (Å²) in [5, 5.41) is 3.87. The predicted octanol–water partition coefficient (Wildman–Crippen LogP) is 6.68. The number of hydrogen-bond donors (Lipinski definition) is 1. The van der Waals surface area contributed by atoms with Gasteiger partial charge in [-0.2, -0.15) is 0 Å². The molecule has 1 saturated carbocycles. The van der Waals surface area contributed by atoms with Crippen molar-refractivity contribution in [3.63, 3.8) is 0 Å². The van der Waals surface area contributed by atoms with Crippen LogP contribution in [0.2, 0.25) is 5.02 Å². The molecule has 178 valence electrons. The minimum absolute atomic E-state index is 0.0777. The van der Waals surface area contributed by atoms with Gasteiger partial charge in [-0.3, -0.25) is 4.79 Å². The third-order valence-corrected chi connectivity index (χ3v) is 7.53. The van der Waals surface area contributed by atoms with Crippen LogP contribution in [0.1, 0.15) is 63.9 Å². The van der Waals surface area contributed by atoms with Gasteiger partial charge < -0.3 is 15.0 Å². The Bertz CT molecular complexity index is 891. The second-order valence-electron chi connectivity index (χ2n) is 9.88. The summed E-state index contributed by atoms with van der Waals surface area (Å²) in [4.78, 5) is 16.0. The Morgan fingerprint density at radius 1 is 1.06 bits per heavy atom. The zero-order chi connectivity index (χ0) is 23.1. The average molecular weight is 469 g/mol. The van der Waals surface area contributed by atoms with E-state index in [2.05, 4.69) is 17.1 Å². The summed E-state index contributed by atoms with van der Waals surface area (Å²) in [6.45, 7) is 6.60. The Hall–Kier alpha value is -2.04. The highest BCUT2D eigenvalue weighted by molar-refractivity contribution is 6.30. The number of ether oxygens (including phenoxy) is 1. The summed E-state index contributed by atoms with van der Waals surface area (Å²) in [7, 11) is 0. The number of anilines is 1. The molecule has 1 aliphatic heterocycles. The molecule has 2 fully saturated rings. The van der Waals surface area contributed by atoms with Crippen molar-refractivity contribution in [1.82, 2.24) is 4.90 Å². The van der Waals surface area contributed by atoms with Gasteiger partial charge in [0.25, 0.3) is 0 Å². The highest BCUT2D eigenvalue weighted by Gasteiger charge is 2.41. The van der Waals surface area contributed by atoms with Crippen LogP contribution in [-0.4, -0.2) is 37.0 Å². The second-order valence-corrected chi connectivity index (χ2v) is 10.3. The standard InChI is InChI=1S/C28H37ClN2O2/c1-22-7-5-18-31(21-22)19-6-20-33-26-14-12-25(13-15-26)30-27(32)28(16-3-2-4-17-28)23-8-10-24(29)11-9-23/h8-15,22H,2-7,16-21H2,1H3,(H,30,32). The van der Waals surface area contributed by atoms with Crippen LogP contribution in [0.4, 0.5) is 5.69 Å². The molecule has 2 aromatic carbocycles. The zero-order valence-corrected chi connectivity index (χ0v) is 20.6. The number of nitrogens with zero attached hydrogens (tertiary/aromatic N) is 1. The van der Waals surface area contributed by atoms with E-state index in [4.69, 9.17) is 16.3 Å². The van der Waals surface area contributed by atoms with Crippen LogP contribution in [0.25, 0.3) is 0 Å². The summed E-state index contributed by atoms with van der Waals surface area (Å²) in [5.74, 6) is 1.74. The van der Waals surface area contributed by atoms with Crippen LogP contribution in [-0.2, 0) is 10.2 Å². The van der Waals surface area contributed by atoms with E-state index in [0.717, 1.165) is 68.2 Å². The normalized spacial score (nSPS) is 20.8. The molecule has 1 saturated heterocycles. The zero-order valence-electron chi connectivity index (χ0n) is 19.8. The van der Waals surface area contributed by atoms with Crippen LogP contribution in [0.5, 0.6) is 5.75 Å². The number of hydrogen-bond acceptors (Lipinski definition) is 3. The fraction of sp³-hybridized carbons (Fsp3) is 0.536. The number of nitrogens with one attached hydrogen (secondary N) is 1. The first kappa shape index (κ1) is 24.1. The molecular formula is C28H37ClN2O2. The molecule has 1 aliphatic carbocycles. The van der Waals surface area contributed by atoms with E-state index >= 15 is 0 Å². The maximum absolute atomic E-state index is 13.5. The fourth-order valence-corrected chi connectivity index (χ4v) is 5.55.